The second-order valence-electron chi connectivity index (χ2n) is 5.77. The molecule has 0 saturated heterocycles. The number of esters is 1. The number of nitrogens with zero attached hydrogens (tertiary/aromatic N) is 2. The van der Waals surface area contributed by atoms with Gasteiger partial charge < -0.3 is 14.0 Å². The normalized spacial score (nSPS) is 10.5. The molecule has 0 aliphatic heterocycles. The van der Waals surface area contributed by atoms with Crippen LogP contribution in [0.25, 0.3) is 11.5 Å². The first-order valence-electron chi connectivity index (χ1n) is 8.41. The molecule has 1 aromatic heterocycles. The summed E-state index contributed by atoms with van der Waals surface area (Å²) in [6, 6.07) is 15.5. The minimum Gasteiger partial charge on any atom is -0.481 e. The van der Waals surface area contributed by atoms with Gasteiger partial charge >= 0.3 is 5.97 Å². The summed E-state index contributed by atoms with van der Waals surface area (Å²) in [5.41, 5.74) is 2.77. The molecule has 0 unspecified atom stereocenters. The summed E-state index contributed by atoms with van der Waals surface area (Å²) >= 11 is 0. The van der Waals surface area contributed by atoms with E-state index in [1.165, 1.54) is 0 Å². The van der Waals surface area contributed by atoms with Gasteiger partial charge in [0.15, 0.2) is 12.4 Å². The Kier molecular flexibility index (Phi) is 5.68. The highest BCUT2D eigenvalue weighted by Crippen LogP contribution is 2.28. The summed E-state index contributed by atoms with van der Waals surface area (Å²) < 4.78 is 15.9. The average Bonchev–Trinajstić information content (AvgIpc) is 3.10. The van der Waals surface area contributed by atoms with Gasteiger partial charge in [0.05, 0.1) is 12.2 Å². The highest BCUT2D eigenvalue weighted by atomic mass is 16.6. The lowest BCUT2D eigenvalue weighted by Gasteiger charge is -2.09. The van der Waals surface area contributed by atoms with E-state index in [4.69, 9.17) is 14.0 Å². The van der Waals surface area contributed by atoms with E-state index < -0.39 is 5.97 Å². The molecule has 6 nitrogen and oxygen atoms in total. The van der Waals surface area contributed by atoms with Crippen LogP contribution in [-0.2, 0) is 16.0 Å². The van der Waals surface area contributed by atoms with E-state index in [0.29, 0.717) is 36.1 Å². The molecule has 0 spiro atoms. The van der Waals surface area contributed by atoms with Crippen LogP contribution in [0.3, 0.4) is 0 Å². The Morgan fingerprint density at radius 3 is 2.77 bits per heavy atom. The second-order valence-corrected chi connectivity index (χ2v) is 5.77. The molecule has 1 heterocycles. The van der Waals surface area contributed by atoms with Crippen LogP contribution in [0.1, 0.15) is 18.3 Å². The van der Waals surface area contributed by atoms with Crippen molar-refractivity contribution in [2.45, 2.75) is 13.3 Å². The predicted molar refractivity (Wildman–Crippen MR) is 99.3 cm³/mol. The zero-order valence-corrected chi connectivity index (χ0v) is 14.8. The summed E-state index contributed by atoms with van der Waals surface area (Å²) in [4.78, 5) is 16.0. The van der Waals surface area contributed by atoms with Gasteiger partial charge in [0.25, 0.3) is 5.89 Å². The smallest absolute Gasteiger partial charge is 0.344 e. The lowest BCUT2D eigenvalue weighted by atomic mass is 9.94. The van der Waals surface area contributed by atoms with Crippen molar-refractivity contribution in [3.05, 3.63) is 59.9 Å². The summed E-state index contributed by atoms with van der Waals surface area (Å²) in [5.74, 6) is 1.02. The fourth-order valence-corrected chi connectivity index (χ4v) is 2.49. The van der Waals surface area contributed by atoms with Gasteiger partial charge in [-0.1, -0.05) is 53.1 Å². The number of rotatable bonds is 7. The molecule has 26 heavy (non-hydrogen) atoms. The van der Waals surface area contributed by atoms with Crippen LogP contribution in [0, 0.1) is 0 Å². The maximum Gasteiger partial charge on any atom is 0.344 e. The molecule has 132 valence electrons. The summed E-state index contributed by atoms with van der Waals surface area (Å²) in [7, 11) is 1.96. The molecule has 2 aromatic carbocycles. The van der Waals surface area contributed by atoms with Crippen LogP contribution in [0.5, 0.6) is 5.75 Å². The summed E-state index contributed by atoms with van der Waals surface area (Å²) in [6.45, 7) is 1.90. The fraction of sp³-hybridized carbons (Fsp3) is 0.211. The summed E-state index contributed by atoms with van der Waals surface area (Å²) in [5, 5.41) is 4.05. The van der Waals surface area contributed by atoms with Gasteiger partial charge in [-0.05, 0) is 18.6 Å². The molecule has 0 saturated carbocycles. The third-order valence-corrected chi connectivity index (χ3v) is 3.69. The Morgan fingerprint density at radius 1 is 1.19 bits per heavy atom. The number of carbonyl (C=O) groups is 1. The largest absolute Gasteiger partial charge is 0.481 e. The van der Waals surface area contributed by atoms with Gasteiger partial charge in [-0.3, -0.25) is 0 Å². The molecule has 0 N–H and O–H groups in total. The highest BCUT2D eigenvalue weighted by molar-refractivity contribution is 6.32. The average molecular weight is 350 g/mol. The number of hydrogen-bond donors (Lipinski definition) is 0. The molecule has 0 aliphatic carbocycles. The van der Waals surface area contributed by atoms with Crippen LogP contribution in [0.4, 0.5) is 0 Å². The minimum atomic E-state index is -0.422. The Morgan fingerprint density at radius 2 is 2.00 bits per heavy atom. The standard InChI is InChI=1S/C19H19BN2O4/c1-2-24-18(23)12-25-16-9-8-14(20)11-15(16)19-21-17(22-26-19)10-13-6-4-3-5-7-13/h3-9,11H,2,10,12,20H2,1H3. The Hall–Kier alpha value is -3.09. The molecule has 0 bridgehead atoms. The summed E-state index contributed by atoms with van der Waals surface area (Å²) in [6.07, 6.45) is 0.579. The van der Waals surface area contributed by atoms with Gasteiger partial charge in [0, 0.05) is 6.42 Å². The third-order valence-electron chi connectivity index (χ3n) is 3.69. The maximum atomic E-state index is 11.5. The first kappa shape index (κ1) is 17.7. The van der Waals surface area contributed by atoms with E-state index in [1.807, 2.05) is 50.3 Å². The van der Waals surface area contributed by atoms with Gasteiger partial charge in [0.2, 0.25) is 0 Å². The first-order valence-corrected chi connectivity index (χ1v) is 8.41. The molecule has 3 aromatic rings. The molecule has 0 aliphatic rings. The number of benzene rings is 2. The first-order chi connectivity index (χ1) is 12.7. The van der Waals surface area contributed by atoms with Crippen molar-refractivity contribution in [2.75, 3.05) is 13.2 Å². The van der Waals surface area contributed by atoms with Gasteiger partial charge in [-0.2, -0.15) is 4.98 Å². The molecule has 3 rings (SSSR count). The second kappa shape index (κ2) is 8.33. The Bertz CT molecular complexity index is 880. The van der Waals surface area contributed by atoms with Crippen LogP contribution in [-0.4, -0.2) is 37.2 Å². The van der Waals surface area contributed by atoms with E-state index in [9.17, 15) is 4.79 Å². The maximum absolute atomic E-state index is 11.5. The number of aromatic nitrogens is 2. The Labute approximate surface area is 152 Å². The van der Waals surface area contributed by atoms with Crippen molar-refractivity contribution in [3.8, 4) is 17.2 Å². The van der Waals surface area contributed by atoms with Crippen LogP contribution < -0.4 is 10.2 Å². The van der Waals surface area contributed by atoms with Gasteiger partial charge in [-0.25, -0.2) is 4.79 Å². The number of carbonyl (C=O) groups excluding carboxylic acids is 1. The Balaban J connectivity index is 1.80. The van der Waals surface area contributed by atoms with E-state index in [1.54, 1.807) is 13.0 Å². The van der Waals surface area contributed by atoms with E-state index in [0.717, 1.165) is 11.0 Å². The van der Waals surface area contributed by atoms with Crippen LogP contribution in [0.2, 0.25) is 0 Å². The number of hydrogen-bond acceptors (Lipinski definition) is 6. The number of ether oxygens (including phenoxy) is 2. The van der Waals surface area contributed by atoms with Crippen molar-refractivity contribution in [1.82, 2.24) is 10.1 Å². The monoisotopic (exact) mass is 350 g/mol. The van der Waals surface area contributed by atoms with Crippen molar-refractivity contribution in [3.63, 3.8) is 0 Å². The van der Waals surface area contributed by atoms with Crippen LogP contribution >= 0.6 is 0 Å². The van der Waals surface area contributed by atoms with E-state index >= 15 is 0 Å². The molecular formula is C19H19BN2O4. The topological polar surface area (TPSA) is 74.5 Å². The SMILES string of the molecule is Bc1ccc(OCC(=O)OCC)c(-c2nc(Cc3ccccc3)no2)c1. The fourth-order valence-electron chi connectivity index (χ4n) is 2.49. The minimum absolute atomic E-state index is 0.172. The predicted octanol–water partition coefficient (Wildman–Crippen LogP) is 1.53. The van der Waals surface area contributed by atoms with Crippen LogP contribution in [0.15, 0.2) is 53.1 Å². The van der Waals surface area contributed by atoms with Crippen molar-refractivity contribution < 1.29 is 18.8 Å². The molecule has 0 amide bonds. The highest BCUT2D eigenvalue weighted by Gasteiger charge is 2.16. The molecule has 0 fully saturated rings. The molecule has 7 heteroatoms. The van der Waals surface area contributed by atoms with E-state index in [-0.39, 0.29) is 6.61 Å². The zero-order valence-electron chi connectivity index (χ0n) is 14.8. The van der Waals surface area contributed by atoms with Crippen molar-refractivity contribution >= 4 is 19.3 Å². The van der Waals surface area contributed by atoms with Gasteiger partial charge in [0.1, 0.15) is 13.6 Å². The lowest BCUT2D eigenvalue weighted by Crippen LogP contribution is -2.15. The van der Waals surface area contributed by atoms with Crippen molar-refractivity contribution in [1.29, 1.82) is 0 Å². The van der Waals surface area contributed by atoms with E-state index in [2.05, 4.69) is 10.1 Å². The lowest BCUT2D eigenvalue weighted by molar-refractivity contribution is -0.145. The third kappa shape index (κ3) is 4.50. The quantitative estimate of drug-likeness (QED) is 0.475. The van der Waals surface area contributed by atoms with Gasteiger partial charge in [-0.15, -0.1) is 0 Å². The molecular weight excluding hydrogens is 331 g/mol. The molecule has 0 radical (unpaired) electrons. The zero-order chi connectivity index (χ0) is 18.4. The van der Waals surface area contributed by atoms with Crippen molar-refractivity contribution in [2.24, 2.45) is 0 Å². The molecule has 0 atom stereocenters.